The van der Waals surface area contributed by atoms with E-state index in [9.17, 15) is 0 Å². The minimum absolute atomic E-state index is 0.387. The highest BCUT2D eigenvalue weighted by Gasteiger charge is 2.38. The van der Waals surface area contributed by atoms with Crippen LogP contribution >= 0.6 is 0 Å². The van der Waals surface area contributed by atoms with Gasteiger partial charge in [-0.25, -0.2) is 0 Å². The maximum atomic E-state index is 5.63. The van der Waals surface area contributed by atoms with Crippen LogP contribution in [0, 0.1) is 11.8 Å². The highest BCUT2D eigenvalue weighted by molar-refractivity contribution is 5.90. The van der Waals surface area contributed by atoms with Crippen molar-refractivity contribution in [3.05, 3.63) is 24.5 Å². The van der Waals surface area contributed by atoms with Gasteiger partial charge < -0.3 is 4.74 Å². The predicted molar refractivity (Wildman–Crippen MR) is 51.7 cm³/mol. The van der Waals surface area contributed by atoms with E-state index in [4.69, 9.17) is 4.74 Å². The maximum Gasteiger partial charge on any atom is 0.114 e. The summed E-state index contributed by atoms with van der Waals surface area (Å²) in [6, 6.07) is 0. The van der Waals surface area contributed by atoms with Crippen LogP contribution in [-0.4, -0.2) is 18.4 Å². The number of nitrogens with zero attached hydrogens (tertiary/aromatic N) is 1. The van der Waals surface area contributed by atoms with Gasteiger partial charge in [0.15, 0.2) is 0 Å². The molecular formula is C11H13NO. The van der Waals surface area contributed by atoms with Crippen molar-refractivity contribution < 1.29 is 4.74 Å². The second kappa shape index (κ2) is 2.72. The van der Waals surface area contributed by atoms with E-state index in [1.165, 1.54) is 5.71 Å². The van der Waals surface area contributed by atoms with Crippen molar-refractivity contribution in [1.29, 1.82) is 0 Å². The lowest BCUT2D eigenvalue weighted by Crippen LogP contribution is -2.38. The number of hydrogen-bond acceptors (Lipinski definition) is 2. The third-order valence-electron chi connectivity index (χ3n) is 3.20. The van der Waals surface area contributed by atoms with Crippen LogP contribution in [0.2, 0.25) is 0 Å². The van der Waals surface area contributed by atoms with Gasteiger partial charge >= 0.3 is 0 Å². The second-order valence-electron chi connectivity index (χ2n) is 3.94. The van der Waals surface area contributed by atoms with Crippen molar-refractivity contribution in [3.8, 4) is 0 Å². The minimum atomic E-state index is 0.387. The molecule has 0 aromatic carbocycles. The van der Waals surface area contributed by atoms with E-state index >= 15 is 0 Å². The summed E-state index contributed by atoms with van der Waals surface area (Å²) in [4.78, 5) is 4.63. The fraction of sp³-hybridized carbons (Fsp3) is 0.545. The first kappa shape index (κ1) is 7.36. The van der Waals surface area contributed by atoms with Crippen molar-refractivity contribution in [1.82, 2.24) is 0 Å². The Morgan fingerprint density at radius 2 is 2.38 bits per heavy atom. The Kier molecular flexibility index (Phi) is 1.54. The van der Waals surface area contributed by atoms with Crippen molar-refractivity contribution in [2.45, 2.75) is 18.9 Å². The zero-order valence-corrected chi connectivity index (χ0v) is 7.52. The smallest absolute Gasteiger partial charge is 0.114 e. The number of fused-ring (bicyclic) bond motifs is 3. The zero-order chi connectivity index (χ0) is 8.67. The Bertz CT molecular complexity index is 303. The predicted octanol–water partition coefficient (Wildman–Crippen LogP) is 1.94. The SMILES string of the molecule is C1=CCC2C(=NCC3C=COC32)C1. The molecule has 0 N–H and O–H groups in total. The fourth-order valence-electron chi connectivity index (χ4n) is 2.47. The largest absolute Gasteiger partial charge is 0.497 e. The van der Waals surface area contributed by atoms with Crippen LogP contribution in [0.1, 0.15) is 12.8 Å². The molecule has 0 bridgehead atoms. The first-order chi connectivity index (χ1) is 6.45. The van der Waals surface area contributed by atoms with Gasteiger partial charge in [-0.15, -0.1) is 0 Å². The summed E-state index contributed by atoms with van der Waals surface area (Å²) in [7, 11) is 0. The van der Waals surface area contributed by atoms with Crippen molar-refractivity contribution in [2.75, 3.05) is 6.54 Å². The first-order valence-electron chi connectivity index (χ1n) is 4.95. The van der Waals surface area contributed by atoms with Gasteiger partial charge in [0, 0.05) is 30.5 Å². The first-order valence-corrected chi connectivity index (χ1v) is 4.95. The fourth-order valence-corrected chi connectivity index (χ4v) is 2.47. The molecule has 0 amide bonds. The van der Waals surface area contributed by atoms with Gasteiger partial charge in [0.25, 0.3) is 0 Å². The van der Waals surface area contributed by atoms with E-state index in [0.29, 0.717) is 17.9 Å². The van der Waals surface area contributed by atoms with E-state index in [2.05, 4.69) is 23.2 Å². The topological polar surface area (TPSA) is 21.6 Å². The summed E-state index contributed by atoms with van der Waals surface area (Å²) < 4.78 is 5.63. The number of ether oxygens (including phenoxy) is 1. The Labute approximate surface area is 78.0 Å². The van der Waals surface area contributed by atoms with Gasteiger partial charge in [-0.1, -0.05) is 12.2 Å². The van der Waals surface area contributed by atoms with Crippen molar-refractivity contribution in [2.24, 2.45) is 16.8 Å². The van der Waals surface area contributed by atoms with Crippen LogP contribution in [0.5, 0.6) is 0 Å². The molecular weight excluding hydrogens is 162 g/mol. The van der Waals surface area contributed by atoms with Crippen LogP contribution in [0.4, 0.5) is 0 Å². The molecule has 0 fully saturated rings. The van der Waals surface area contributed by atoms with E-state index in [-0.39, 0.29) is 0 Å². The Morgan fingerprint density at radius 3 is 3.38 bits per heavy atom. The molecule has 0 saturated carbocycles. The molecule has 2 nitrogen and oxygen atoms in total. The third kappa shape index (κ3) is 1.05. The van der Waals surface area contributed by atoms with Gasteiger partial charge in [-0.3, -0.25) is 4.99 Å². The summed E-state index contributed by atoms with van der Waals surface area (Å²) in [5.74, 6) is 1.10. The van der Waals surface area contributed by atoms with E-state index in [1.54, 1.807) is 0 Å². The molecule has 2 heterocycles. The summed E-state index contributed by atoms with van der Waals surface area (Å²) >= 11 is 0. The standard InChI is InChI=1S/C11H13NO/c1-2-4-10-9(3-1)11-8(7-12-10)5-6-13-11/h1-2,5-6,8-9,11H,3-4,7H2. The molecule has 68 valence electrons. The Hall–Kier alpha value is -1.05. The maximum absolute atomic E-state index is 5.63. The van der Waals surface area contributed by atoms with Gasteiger partial charge in [0.2, 0.25) is 0 Å². The normalized spacial score (nSPS) is 40.6. The van der Waals surface area contributed by atoms with Crippen LogP contribution in [0.3, 0.4) is 0 Å². The molecule has 3 atom stereocenters. The lowest BCUT2D eigenvalue weighted by molar-refractivity contribution is 0.0980. The molecule has 0 aromatic rings. The quantitative estimate of drug-likeness (QED) is 0.515. The van der Waals surface area contributed by atoms with E-state index in [0.717, 1.165) is 19.4 Å². The number of rotatable bonds is 0. The summed E-state index contributed by atoms with van der Waals surface area (Å²) in [5.41, 5.74) is 1.35. The second-order valence-corrected chi connectivity index (χ2v) is 3.94. The molecule has 0 radical (unpaired) electrons. The van der Waals surface area contributed by atoms with E-state index < -0.39 is 0 Å². The molecule has 2 aliphatic heterocycles. The van der Waals surface area contributed by atoms with Gasteiger partial charge in [-0.2, -0.15) is 0 Å². The molecule has 1 aliphatic carbocycles. The summed E-state index contributed by atoms with van der Waals surface area (Å²) in [6.45, 7) is 0.931. The van der Waals surface area contributed by atoms with Crippen molar-refractivity contribution >= 4 is 5.71 Å². The van der Waals surface area contributed by atoms with Crippen LogP contribution < -0.4 is 0 Å². The molecule has 0 saturated heterocycles. The average Bonchev–Trinajstić information content (AvgIpc) is 2.65. The third-order valence-corrected chi connectivity index (χ3v) is 3.20. The molecule has 0 spiro atoms. The molecule has 3 aliphatic rings. The number of allylic oxidation sites excluding steroid dienone is 2. The van der Waals surface area contributed by atoms with Gasteiger partial charge in [-0.05, 0) is 12.5 Å². The van der Waals surface area contributed by atoms with Crippen LogP contribution in [0.15, 0.2) is 29.5 Å². The number of hydrogen-bond donors (Lipinski definition) is 0. The lowest BCUT2D eigenvalue weighted by Gasteiger charge is -2.33. The Morgan fingerprint density at radius 1 is 1.38 bits per heavy atom. The van der Waals surface area contributed by atoms with E-state index in [1.807, 2.05) is 6.26 Å². The highest BCUT2D eigenvalue weighted by Crippen LogP contribution is 2.34. The van der Waals surface area contributed by atoms with Gasteiger partial charge in [0.05, 0.1) is 6.26 Å². The van der Waals surface area contributed by atoms with Crippen LogP contribution in [0.25, 0.3) is 0 Å². The van der Waals surface area contributed by atoms with Crippen molar-refractivity contribution in [3.63, 3.8) is 0 Å². The molecule has 3 rings (SSSR count). The lowest BCUT2D eigenvalue weighted by atomic mass is 9.80. The van der Waals surface area contributed by atoms with Gasteiger partial charge in [0.1, 0.15) is 6.10 Å². The Balaban J connectivity index is 1.92. The molecule has 3 unspecified atom stereocenters. The summed E-state index contributed by atoms with van der Waals surface area (Å²) in [5, 5.41) is 0. The molecule has 2 heteroatoms. The monoisotopic (exact) mass is 175 g/mol. The highest BCUT2D eigenvalue weighted by atomic mass is 16.5. The molecule has 13 heavy (non-hydrogen) atoms. The number of aliphatic imine (C=N–C) groups is 1. The summed E-state index contributed by atoms with van der Waals surface area (Å²) in [6.07, 6.45) is 11.0. The average molecular weight is 175 g/mol. The minimum Gasteiger partial charge on any atom is -0.497 e. The molecule has 0 aromatic heterocycles. The van der Waals surface area contributed by atoms with Crippen LogP contribution in [-0.2, 0) is 4.74 Å². The zero-order valence-electron chi connectivity index (χ0n) is 7.52.